The molecule has 6 nitrogen and oxygen atoms in total. The molecule has 2 bridgehead atoms. The maximum Gasteiger partial charge on any atom is 0.249 e. The Morgan fingerprint density at radius 1 is 1.15 bits per heavy atom. The van der Waals surface area contributed by atoms with Gasteiger partial charge in [0, 0.05) is 23.1 Å². The van der Waals surface area contributed by atoms with Crippen molar-refractivity contribution in [3.05, 3.63) is 29.3 Å². The number of hydrogen-bond donors (Lipinski definition) is 2. The Labute approximate surface area is 152 Å². The molecule has 2 heterocycles. The number of nitrogens with two attached hydrogens (primary N) is 1. The molecule has 26 heavy (non-hydrogen) atoms. The van der Waals surface area contributed by atoms with Crippen molar-refractivity contribution in [1.29, 1.82) is 0 Å². The normalized spacial score (nSPS) is 37.0. The number of nitrogens with zero attached hydrogens (tertiary/aromatic N) is 1. The van der Waals surface area contributed by atoms with Crippen LogP contribution in [0.1, 0.15) is 57.1 Å². The van der Waals surface area contributed by atoms with Crippen LogP contribution in [-0.4, -0.2) is 29.3 Å². The number of carbonyl (C=O) groups excluding carboxylic acids is 3. The summed E-state index contributed by atoms with van der Waals surface area (Å²) in [6.45, 7) is 3.88. The van der Waals surface area contributed by atoms with E-state index in [4.69, 9.17) is 5.73 Å². The maximum absolute atomic E-state index is 13.3. The van der Waals surface area contributed by atoms with Crippen molar-refractivity contribution in [2.45, 2.75) is 68.4 Å². The van der Waals surface area contributed by atoms with Crippen LogP contribution in [0.3, 0.4) is 0 Å². The number of nitrogens with one attached hydrogen (secondary N) is 1. The monoisotopic (exact) mass is 353 g/mol. The van der Waals surface area contributed by atoms with Crippen LogP contribution in [0.25, 0.3) is 0 Å². The summed E-state index contributed by atoms with van der Waals surface area (Å²) >= 11 is 0. The van der Waals surface area contributed by atoms with E-state index in [2.05, 4.69) is 11.4 Å². The van der Waals surface area contributed by atoms with Crippen LogP contribution in [0.5, 0.6) is 0 Å². The Morgan fingerprint density at radius 3 is 2.46 bits per heavy atom. The van der Waals surface area contributed by atoms with E-state index >= 15 is 0 Å². The largest absolute Gasteiger partial charge is 0.325 e. The quantitative estimate of drug-likeness (QED) is 0.783. The Balaban J connectivity index is 1.61. The summed E-state index contributed by atoms with van der Waals surface area (Å²) < 4.78 is 0. The first-order chi connectivity index (χ1) is 12.2. The number of benzene rings is 1. The van der Waals surface area contributed by atoms with Gasteiger partial charge in [-0.05, 0) is 56.7 Å². The summed E-state index contributed by atoms with van der Waals surface area (Å²) in [6, 6.07) is 5.41. The molecule has 6 heteroatoms. The summed E-state index contributed by atoms with van der Waals surface area (Å²) in [7, 11) is 0. The molecule has 0 spiro atoms. The molecule has 0 aromatic heterocycles. The fraction of sp³-hybridized carbons (Fsp3) is 0.550. The maximum atomic E-state index is 13.3. The van der Waals surface area contributed by atoms with Crippen LogP contribution in [0.15, 0.2) is 18.2 Å². The van der Waals surface area contributed by atoms with Gasteiger partial charge in [0.15, 0.2) is 0 Å². The summed E-state index contributed by atoms with van der Waals surface area (Å²) in [4.78, 5) is 38.9. The van der Waals surface area contributed by atoms with Crippen LogP contribution < -0.4 is 16.0 Å². The van der Waals surface area contributed by atoms with Gasteiger partial charge >= 0.3 is 0 Å². The molecular weight excluding hydrogens is 330 g/mol. The van der Waals surface area contributed by atoms with Crippen molar-refractivity contribution in [3.63, 3.8) is 0 Å². The first-order valence-corrected chi connectivity index (χ1v) is 9.27. The molecule has 0 radical (unpaired) electrons. The standard InChI is InChI=1S/C20H23N3O3/c1-18(2)15-11(19-8-20(21,9-19)10-19)4-3-5-12(15)23(17(18)26)13-6-7-14(24)22-16(13)25/h3-5,13H,6-10,21H2,1-2H3,(H,22,24,25). The lowest BCUT2D eigenvalue weighted by Gasteiger charge is -2.70. The molecule has 136 valence electrons. The van der Waals surface area contributed by atoms with E-state index in [1.54, 1.807) is 4.90 Å². The number of anilines is 1. The highest BCUT2D eigenvalue weighted by Crippen LogP contribution is 2.68. The van der Waals surface area contributed by atoms with E-state index in [9.17, 15) is 14.4 Å². The van der Waals surface area contributed by atoms with Crippen LogP contribution >= 0.6 is 0 Å². The van der Waals surface area contributed by atoms with Gasteiger partial charge in [-0.25, -0.2) is 0 Å². The molecule has 1 aromatic carbocycles. The molecule has 5 aliphatic rings. The minimum absolute atomic E-state index is 0.0151. The van der Waals surface area contributed by atoms with Crippen LogP contribution in [0.2, 0.25) is 0 Å². The minimum Gasteiger partial charge on any atom is -0.325 e. The van der Waals surface area contributed by atoms with Gasteiger partial charge < -0.3 is 5.73 Å². The first kappa shape index (κ1) is 16.0. The number of fused-ring (bicyclic) bond motifs is 1. The SMILES string of the molecule is CC1(C)C(=O)N(C2CCC(=O)NC2=O)c2cccc(C34CC(N)(C3)C4)c21. The van der Waals surface area contributed by atoms with Gasteiger partial charge in [-0.1, -0.05) is 12.1 Å². The molecule has 1 unspecified atom stereocenters. The highest BCUT2D eigenvalue weighted by Gasteiger charge is 2.68. The predicted octanol–water partition coefficient (Wildman–Crippen LogP) is 1.25. The molecule has 1 aromatic rings. The average molecular weight is 353 g/mol. The van der Waals surface area contributed by atoms with Gasteiger partial charge in [0.05, 0.1) is 5.41 Å². The smallest absolute Gasteiger partial charge is 0.249 e. The van der Waals surface area contributed by atoms with Crippen molar-refractivity contribution in [3.8, 4) is 0 Å². The van der Waals surface area contributed by atoms with E-state index in [0.29, 0.717) is 6.42 Å². The van der Waals surface area contributed by atoms with Crippen molar-refractivity contribution in [2.24, 2.45) is 5.73 Å². The Kier molecular flexibility index (Phi) is 2.80. The molecule has 3 amide bonds. The third-order valence-corrected chi connectivity index (χ3v) is 6.84. The Morgan fingerprint density at radius 2 is 1.85 bits per heavy atom. The zero-order valence-electron chi connectivity index (χ0n) is 15.1. The van der Waals surface area contributed by atoms with Gasteiger partial charge in [-0.15, -0.1) is 0 Å². The zero-order chi connectivity index (χ0) is 18.5. The second-order valence-corrected chi connectivity index (χ2v) is 9.14. The fourth-order valence-electron chi connectivity index (χ4n) is 5.75. The lowest BCUT2D eigenvalue weighted by molar-refractivity contribution is -0.136. The van der Waals surface area contributed by atoms with E-state index in [-0.39, 0.29) is 35.1 Å². The second-order valence-electron chi connectivity index (χ2n) is 9.14. The number of carbonyl (C=O) groups is 3. The van der Waals surface area contributed by atoms with Gasteiger partial charge in [-0.2, -0.15) is 0 Å². The number of imide groups is 1. The van der Waals surface area contributed by atoms with Crippen LogP contribution in [0.4, 0.5) is 5.69 Å². The molecule has 3 N–H and O–H groups in total. The summed E-state index contributed by atoms with van der Waals surface area (Å²) in [5.41, 5.74) is 8.73. The topological polar surface area (TPSA) is 92.5 Å². The van der Waals surface area contributed by atoms with Gasteiger partial charge in [0.2, 0.25) is 17.7 Å². The Hall–Kier alpha value is -2.21. The third-order valence-electron chi connectivity index (χ3n) is 6.84. The molecule has 1 saturated heterocycles. The van der Waals surface area contributed by atoms with Crippen molar-refractivity contribution in [1.82, 2.24) is 5.32 Å². The summed E-state index contributed by atoms with van der Waals surface area (Å²) in [5, 5.41) is 2.38. The molecular formula is C20H23N3O3. The van der Waals surface area contributed by atoms with Gasteiger partial charge in [-0.3, -0.25) is 24.6 Å². The predicted molar refractivity (Wildman–Crippen MR) is 95.6 cm³/mol. The third kappa shape index (κ3) is 1.78. The van der Waals surface area contributed by atoms with Crippen LogP contribution in [-0.2, 0) is 25.2 Å². The highest BCUT2D eigenvalue weighted by atomic mass is 16.2. The number of hydrogen-bond acceptors (Lipinski definition) is 4. The molecule has 1 atom stereocenters. The van der Waals surface area contributed by atoms with Crippen molar-refractivity contribution in [2.75, 3.05) is 4.90 Å². The highest BCUT2D eigenvalue weighted by molar-refractivity contribution is 6.14. The van der Waals surface area contributed by atoms with Crippen molar-refractivity contribution >= 4 is 23.4 Å². The van der Waals surface area contributed by atoms with E-state index in [1.165, 1.54) is 5.56 Å². The molecule has 4 fully saturated rings. The lowest BCUT2D eigenvalue weighted by atomic mass is 9.37. The summed E-state index contributed by atoms with van der Waals surface area (Å²) in [6.07, 6.45) is 3.54. The number of rotatable bonds is 2. The van der Waals surface area contributed by atoms with Gasteiger partial charge in [0.25, 0.3) is 0 Å². The first-order valence-electron chi connectivity index (χ1n) is 9.27. The van der Waals surface area contributed by atoms with E-state index in [0.717, 1.165) is 30.5 Å². The number of amides is 3. The van der Waals surface area contributed by atoms with Crippen LogP contribution in [0, 0.1) is 0 Å². The van der Waals surface area contributed by atoms with Crippen molar-refractivity contribution < 1.29 is 14.4 Å². The van der Waals surface area contributed by atoms with E-state index < -0.39 is 11.5 Å². The molecule has 3 saturated carbocycles. The fourth-order valence-corrected chi connectivity index (χ4v) is 5.75. The second kappa shape index (κ2) is 4.55. The Bertz CT molecular complexity index is 869. The molecule has 6 rings (SSSR count). The lowest BCUT2D eigenvalue weighted by Crippen LogP contribution is -2.74. The van der Waals surface area contributed by atoms with E-state index in [1.807, 2.05) is 26.0 Å². The minimum atomic E-state index is -0.690. The average Bonchev–Trinajstić information content (AvgIpc) is 2.72. The molecule has 2 aliphatic heterocycles. The van der Waals surface area contributed by atoms with Gasteiger partial charge in [0.1, 0.15) is 6.04 Å². The summed E-state index contributed by atoms with van der Waals surface area (Å²) in [5.74, 6) is -0.716. The number of piperidine rings is 1. The molecule has 3 aliphatic carbocycles. The zero-order valence-corrected chi connectivity index (χ0v) is 15.1.